The van der Waals surface area contributed by atoms with E-state index in [1.54, 1.807) is 12.1 Å². The third-order valence-electron chi connectivity index (χ3n) is 6.29. The Morgan fingerprint density at radius 3 is 2.00 bits per heavy atom. The van der Waals surface area contributed by atoms with Gasteiger partial charge in [-0.1, -0.05) is 17.7 Å². The third-order valence-corrected chi connectivity index (χ3v) is 7.69. The van der Waals surface area contributed by atoms with Crippen LogP contribution >= 0.6 is 0 Å². The summed E-state index contributed by atoms with van der Waals surface area (Å²) in [6.07, 6.45) is 6.56. The molecule has 4 heteroatoms. The van der Waals surface area contributed by atoms with Gasteiger partial charge in [0.25, 0.3) is 10.0 Å². The lowest BCUT2D eigenvalue weighted by molar-refractivity contribution is -0.00832. The molecule has 0 unspecified atom stereocenters. The summed E-state index contributed by atoms with van der Waals surface area (Å²) >= 11 is 0. The molecule has 3 nitrogen and oxygen atoms in total. The second-order valence-corrected chi connectivity index (χ2v) is 9.58. The Labute approximate surface area is 139 Å². The lowest BCUT2D eigenvalue weighted by Crippen LogP contribution is -2.47. The highest BCUT2D eigenvalue weighted by Gasteiger charge is 2.49. The molecule has 0 aromatic heterocycles. The van der Waals surface area contributed by atoms with Crippen molar-refractivity contribution >= 4 is 15.7 Å². The topological polar surface area (TPSA) is 46.5 Å². The average Bonchev–Trinajstić information content (AvgIpc) is 2.45. The van der Waals surface area contributed by atoms with Crippen molar-refractivity contribution in [1.29, 1.82) is 0 Å². The predicted octanol–water partition coefficient (Wildman–Crippen LogP) is 4.22. The standard InChI is InChI=1S/C19H25NO2S/c1-12-3-5-18(6-4-12)23(21,22)20-13(2)19-16-8-14-7-15(10-16)11-17(19)9-14/h3-6,14-17,19H,7-11H2,1-2H3/b20-13+. The first kappa shape index (κ1) is 15.4. The van der Waals surface area contributed by atoms with Gasteiger partial charge in [0.2, 0.25) is 0 Å². The van der Waals surface area contributed by atoms with Gasteiger partial charge < -0.3 is 0 Å². The number of benzene rings is 1. The molecule has 1 aromatic rings. The fourth-order valence-corrected chi connectivity index (χ4v) is 6.71. The van der Waals surface area contributed by atoms with E-state index >= 15 is 0 Å². The van der Waals surface area contributed by atoms with E-state index in [9.17, 15) is 8.42 Å². The summed E-state index contributed by atoms with van der Waals surface area (Å²) in [6.45, 7) is 3.90. The summed E-state index contributed by atoms with van der Waals surface area (Å²) in [5.41, 5.74) is 1.91. The van der Waals surface area contributed by atoms with Crippen LogP contribution in [0.3, 0.4) is 0 Å². The van der Waals surface area contributed by atoms with Gasteiger partial charge in [-0.15, -0.1) is 0 Å². The Bertz CT molecular complexity index is 705. The molecule has 23 heavy (non-hydrogen) atoms. The fraction of sp³-hybridized carbons (Fsp3) is 0.632. The molecule has 0 N–H and O–H groups in total. The molecule has 0 heterocycles. The Morgan fingerprint density at radius 2 is 1.48 bits per heavy atom. The maximum atomic E-state index is 12.6. The van der Waals surface area contributed by atoms with Gasteiger partial charge in [0.05, 0.1) is 4.90 Å². The van der Waals surface area contributed by atoms with Crippen molar-refractivity contribution < 1.29 is 8.42 Å². The van der Waals surface area contributed by atoms with Crippen LogP contribution in [-0.2, 0) is 10.0 Å². The van der Waals surface area contributed by atoms with Gasteiger partial charge in [0.1, 0.15) is 0 Å². The molecule has 0 aliphatic heterocycles. The van der Waals surface area contributed by atoms with E-state index in [0.29, 0.717) is 22.6 Å². The first-order valence-electron chi connectivity index (χ1n) is 8.80. The van der Waals surface area contributed by atoms with Crippen LogP contribution in [0, 0.1) is 36.5 Å². The smallest absolute Gasteiger partial charge is 0.199 e. The molecule has 4 bridgehead atoms. The zero-order chi connectivity index (χ0) is 16.2. The van der Waals surface area contributed by atoms with Crippen LogP contribution in [0.2, 0.25) is 0 Å². The normalized spacial score (nSPS) is 36.4. The van der Waals surface area contributed by atoms with Crippen molar-refractivity contribution in [1.82, 2.24) is 0 Å². The number of rotatable bonds is 3. The molecule has 0 spiro atoms. The van der Waals surface area contributed by atoms with Gasteiger partial charge in [-0.05, 0) is 81.8 Å². The predicted molar refractivity (Wildman–Crippen MR) is 92.0 cm³/mol. The second kappa shape index (κ2) is 5.44. The fourth-order valence-electron chi connectivity index (χ4n) is 5.62. The van der Waals surface area contributed by atoms with Gasteiger partial charge in [-0.3, -0.25) is 0 Å². The van der Waals surface area contributed by atoms with Crippen LogP contribution in [0.1, 0.15) is 44.6 Å². The second-order valence-electron chi connectivity index (χ2n) is 7.98. The minimum absolute atomic E-state index is 0.311. The first-order valence-corrected chi connectivity index (χ1v) is 10.2. The molecule has 124 valence electrons. The molecule has 4 saturated carbocycles. The van der Waals surface area contributed by atoms with Crippen molar-refractivity contribution in [2.45, 2.75) is 50.8 Å². The highest BCUT2D eigenvalue weighted by Crippen LogP contribution is 2.56. The van der Waals surface area contributed by atoms with E-state index in [1.165, 1.54) is 32.1 Å². The molecule has 4 fully saturated rings. The molecule has 0 amide bonds. The largest absolute Gasteiger partial charge is 0.282 e. The molecule has 5 rings (SSSR count). The van der Waals surface area contributed by atoms with E-state index in [2.05, 4.69) is 4.40 Å². The molecule has 1 aromatic carbocycles. The molecular formula is C19H25NO2S. The summed E-state index contributed by atoms with van der Waals surface area (Å²) < 4.78 is 29.4. The van der Waals surface area contributed by atoms with Crippen LogP contribution in [0.4, 0.5) is 0 Å². The number of hydrogen-bond acceptors (Lipinski definition) is 2. The third kappa shape index (κ3) is 2.75. The van der Waals surface area contributed by atoms with Crippen molar-refractivity contribution in [3.8, 4) is 0 Å². The van der Waals surface area contributed by atoms with E-state index in [4.69, 9.17) is 0 Å². The number of aryl methyl sites for hydroxylation is 1. The molecule has 0 radical (unpaired) electrons. The Kier molecular flexibility index (Phi) is 3.63. The molecule has 0 atom stereocenters. The number of hydrogen-bond donors (Lipinski definition) is 0. The SMILES string of the molecule is C/C(=N\S(=O)(=O)c1ccc(C)cc1)C1C2CC3CC(C2)CC1C3. The first-order chi connectivity index (χ1) is 10.9. The zero-order valence-electron chi connectivity index (χ0n) is 13.9. The minimum atomic E-state index is -3.57. The lowest BCUT2D eigenvalue weighted by atomic mass is 9.51. The highest BCUT2D eigenvalue weighted by atomic mass is 32.2. The Balaban J connectivity index is 1.62. The number of nitrogens with zero attached hydrogens (tertiary/aromatic N) is 1. The summed E-state index contributed by atoms with van der Waals surface area (Å²) in [5.74, 6) is 3.53. The molecule has 4 aliphatic rings. The Hall–Kier alpha value is -1.16. The van der Waals surface area contributed by atoms with Gasteiger partial charge in [-0.2, -0.15) is 12.8 Å². The van der Waals surface area contributed by atoms with E-state index in [0.717, 1.165) is 23.1 Å². The van der Waals surface area contributed by atoms with E-state index in [-0.39, 0.29) is 0 Å². The van der Waals surface area contributed by atoms with Gasteiger partial charge in [0.15, 0.2) is 0 Å². The zero-order valence-corrected chi connectivity index (χ0v) is 14.7. The molecular weight excluding hydrogens is 306 g/mol. The Morgan fingerprint density at radius 1 is 0.957 bits per heavy atom. The van der Waals surface area contributed by atoms with Crippen molar-refractivity contribution in [2.24, 2.45) is 34.0 Å². The van der Waals surface area contributed by atoms with Gasteiger partial charge in [0, 0.05) is 11.6 Å². The molecule has 0 saturated heterocycles. The summed E-state index contributed by atoms with van der Waals surface area (Å²) in [6, 6.07) is 7.00. The van der Waals surface area contributed by atoms with Crippen LogP contribution in [0.15, 0.2) is 33.6 Å². The van der Waals surface area contributed by atoms with Gasteiger partial charge in [-0.25, -0.2) is 0 Å². The van der Waals surface area contributed by atoms with Crippen LogP contribution in [0.25, 0.3) is 0 Å². The minimum Gasteiger partial charge on any atom is -0.199 e. The van der Waals surface area contributed by atoms with E-state index < -0.39 is 10.0 Å². The average molecular weight is 331 g/mol. The molecule has 4 aliphatic carbocycles. The monoisotopic (exact) mass is 331 g/mol. The van der Waals surface area contributed by atoms with Crippen LogP contribution in [-0.4, -0.2) is 14.1 Å². The van der Waals surface area contributed by atoms with Crippen LogP contribution in [0.5, 0.6) is 0 Å². The van der Waals surface area contributed by atoms with Crippen molar-refractivity contribution in [3.05, 3.63) is 29.8 Å². The maximum absolute atomic E-state index is 12.6. The van der Waals surface area contributed by atoms with Gasteiger partial charge >= 0.3 is 0 Å². The van der Waals surface area contributed by atoms with E-state index in [1.807, 2.05) is 26.0 Å². The summed E-state index contributed by atoms with van der Waals surface area (Å²) in [7, 11) is -3.57. The lowest BCUT2D eigenvalue weighted by Gasteiger charge is -2.54. The van der Waals surface area contributed by atoms with Crippen LogP contribution < -0.4 is 0 Å². The maximum Gasteiger partial charge on any atom is 0.282 e. The van der Waals surface area contributed by atoms with Crippen molar-refractivity contribution in [2.75, 3.05) is 0 Å². The quantitative estimate of drug-likeness (QED) is 0.779. The number of sulfonamides is 1. The highest BCUT2D eigenvalue weighted by molar-refractivity contribution is 7.90. The van der Waals surface area contributed by atoms with Crippen molar-refractivity contribution in [3.63, 3.8) is 0 Å². The summed E-state index contributed by atoms with van der Waals surface area (Å²) in [5, 5.41) is 0. The summed E-state index contributed by atoms with van der Waals surface area (Å²) in [4.78, 5) is 0.311.